The van der Waals surface area contributed by atoms with Crippen LogP contribution in [0.3, 0.4) is 0 Å². The molecule has 0 aliphatic carbocycles. The van der Waals surface area contributed by atoms with Crippen molar-refractivity contribution in [3.05, 3.63) is 0 Å². The van der Waals surface area contributed by atoms with Gasteiger partial charge in [0.1, 0.15) is 0 Å². The predicted octanol–water partition coefficient (Wildman–Crippen LogP) is -0.141. The Labute approximate surface area is 47.6 Å². The van der Waals surface area contributed by atoms with Crippen LogP contribution in [-0.2, 0) is 14.3 Å². The van der Waals surface area contributed by atoms with E-state index in [0.717, 1.165) is 13.0 Å². The molecule has 1 rings (SSSR count). The van der Waals surface area contributed by atoms with Crippen LogP contribution < -0.4 is 0 Å². The number of hydrogen-bond donors (Lipinski definition) is 0. The lowest BCUT2D eigenvalue weighted by molar-refractivity contribution is 0.255. The molecule has 1 fully saturated rings. The molecule has 0 N–H and O–H groups in total. The van der Waals surface area contributed by atoms with Gasteiger partial charge in [-0.1, -0.05) is 0 Å². The molecule has 1 aliphatic rings. The fourth-order valence-corrected chi connectivity index (χ4v) is 0.467. The van der Waals surface area contributed by atoms with Gasteiger partial charge in [-0.05, 0) is 0 Å². The van der Waals surface area contributed by atoms with Gasteiger partial charge in [-0.25, -0.2) is 4.79 Å². The maximum absolute atomic E-state index is 9.42. The van der Waals surface area contributed by atoms with Crippen LogP contribution in [-0.4, -0.2) is 25.8 Å². The zero-order valence-electron chi connectivity index (χ0n) is 4.42. The molecule has 0 aromatic carbocycles. The fourth-order valence-electron chi connectivity index (χ4n) is 0.467. The molecule has 3 heteroatoms. The first-order valence-electron chi connectivity index (χ1n) is 2.54. The molecular formula is C5H7O3. The summed E-state index contributed by atoms with van der Waals surface area (Å²) in [4.78, 5) is 9.42. The molecule has 1 heterocycles. The third-order valence-corrected chi connectivity index (χ3v) is 1.00. The number of rotatable bonds is 4. The van der Waals surface area contributed by atoms with Crippen LogP contribution >= 0.6 is 0 Å². The second kappa shape index (κ2) is 2.67. The highest BCUT2D eigenvalue weighted by Gasteiger charge is 2.21. The van der Waals surface area contributed by atoms with Crippen LogP contribution in [0.4, 0.5) is 0 Å². The van der Waals surface area contributed by atoms with Crippen LogP contribution in [0.2, 0.25) is 0 Å². The summed E-state index contributed by atoms with van der Waals surface area (Å²) in [6, 6.07) is 0. The minimum atomic E-state index is 0.350. The third-order valence-electron chi connectivity index (χ3n) is 1.00. The summed E-state index contributed by atoms with van der Waals surface area (Å²) in [7, 11) is 0. The Kier molecular flexibility index (Phi) is 1.86. The average molecular weight is 115 g/mol. The Morgan fingerprint density at radius 3 is 3.12 bits per heavy atom. The minimum Gasteiger partial charge on any atom is -0.457 e. The smallest absolute Gasteiger partial charge is 0.417 e. The second-order valence-electron chi connectivity index (χ2n) is 1.68. The topological polar surface area (TPSA) is 38.8 Å². The number of epoxide rings is 1. The van der Waals surface area contributed by atoms with E-state index in [4.69, 9.17) is 4.74 Å². The molecule has 0 aromatic rings. The molecule has 0 spiro atoms. The summed E-state index contributed by atoms with van der Waals surface area (Å²) in [6.45, 7) is 2.61. The monoisotopic (exact) mass is 115 g/mol. The van der Waals surface area contributed by atoms with Crippen molar-refractivity contribution in [1.29, 1.82) is 0 Å². The molecular weight excluding hydrogens is 108 g/mol. The van der Waals surface area contributed by atoms with E-state index in [9.17, 15) is 4.79 Å². The van der Waals surface area contributed by atoms with Gasteiger partial charge in [0.05, 0.1) is 19.3 Å². The van der Waals surface area contributed by atoms with Crippen molar-refractivity contribution in [2.45, 2.75) is 12.5 Å². The molecule has 0 saturated carbocycles. The van der Waals surface area contributed by atoms with Crippen molar-refractivity contribution in [1.82, 2.24) is 0 Å². The Morgan fingerprint density at radius 1 is 1.88 bits per heavy atom. The van der Waals surface area contributed by atoms with Crippen molar-refractivity contribution in [3.8, 4) is 0 Å². The van der Waals surface area contributed by atoms with Gasteiger partial charge in [-0.3, -0.25) is 0 Å². The standard InChI is InChI=1S/C5H7O3/c6-4-7-2-1-5-3-8-5/h5H,1-3H2. The van der Waals surface area contributed by atoms with Gasteiger partial charge < -0.3 is 9.47 Å². The van der Waals surface area contributed by atoms with Crippen molar-refractivity contribution >= 4 is 6.47 Å². The van der Waals surface area contributed by atoms with Crippen LogP contribution in [0, 0.1) is 0 Å². The summed E-state index contributed by atoms with van der Waals surface area (Å²) in [5, 5.41) is 0. The molecule has 1 radical (unpaired) electrons. The first-order chi connectivity index (χ1) is 3.93. The Bertz CT molecular complexity index is 77.7. The third kappa shape index (κ3) is 1.93. The number of carbonyl (C=O) groups excluding carboxylic acids is 1. The highest BCUT2D eigenvalue weighted by Crippen LogP contribution is 2.12. The van der Waals surface area contributed by atoms with Gasteiger partial charge in [0, 0.05) is 6.42 Å². The first-order valence-corrected chi connectivity index (χ1v) is 2.54. The zero-order chi connectivity index (χ0) is 5.82. The molecule has 1 atom stereocenters. The normalized spacial score (nSPS) is 24.8. The maximum atomic E-state index is 9.42. The van der Waals surface area contributed by atoms with Crippen molar-refractivity contribution < 1.29 is 14.3 Å². The van der Waals surface area contributed by atoms with Crippen LogP contribution in [0.25, 0.3) is 0 Å². The molecule has 1 aliphatic heterocycles. The Hall–Kier alpha value is -0.570. The summed E-state index contributed by atoms with van der Waals surface area (Å²) in [5.41, 5.74) is 0. The Morgan fingerprint density at radius 2 is 2.62 bits per heavy atom. The molecule has 8 heavy (non-hydrogen) atoms. The van der Waals surface area contributed by atoms with E-state index in [1.54, 1.807) is 0 Å². The summed E-state index contributed by atoms with van der Waals surface area (Å²) in [5.74, 6) is 0. The summed E-state index contributed by atoms with van der Waals surface area (Å²) >= 11 is 0. The lowest BCUT2D eigenvalue weighted by atomic mass is 10.4. The first kappa shape index (κ1) is 5.56. The minimum absolute atomic E-state index is 0.350. The number of ether oxygens (including phenoxy) is 2. The van der Waals surface area contributed by atoms with Crippen molar-refractivity contribution in [3.63, 3.8) is 0 Å². The van der Waals surface area contributed by atoms with E-state index in [0.29, 0.717) is 12.7 Å². The molecule has 1 saturated heterocycles. The van der Waals surface area contributed by atoms with Crippen LogP contribution in [0.5, 0.6) is 0 Å². The molecule has 45 valence electrons. The molecule has 0 aromatic heterocycles. The Balaban J connectivity index is 1.80. The molecule has 3 nitrogen and oxygen atoms in total. The van der Waals surface area contributed by atoms with Gasteiger partial charge in [0.2, 0.25) is 0 Å². The highest BCUT2D eigenvalue weighted by atomic mass is 16.6. The van der Waals surface area contributed by atoms with Gasteiger partial charge in [0.15, 0.2) is 0 Å². The van der Waals surface area contributed by atoms with E-state index in [1.165, 1.54) is 6.47 Å². The van der Waals surface area contributed by atoms with E-state index < -0.39 is 0 Å². The predicted molar refractivity (Wildman–Crippen MR) is 26.0 cm³/mol. The lowest BCUT2D eigenvalue weighted by Crippen LogP contribution is -1.95. The highest BCUT2D eigenvalue weighted by molar-refractivity contribution is 5.38. The SMILES string of the molecule is O=[C]OCCC1CO1. The van der Waals surface area contributed by atoms with Crippen molar-refractivity contribution in [2.24, 2.45) is 0 Å². The van der Waals surface area contributed by atoms with Gasteiger partial charge in [0.25, 0.3) is 0 Å². The lowest BCUT2D eigenvalue weighted by Gasteiger charge is -1.89. The van der Waals surface area contributed by atoms with E-state index in [-0.39, 0.29) is 0 Å². The van der Waals surface area contributed by atoms with E-state index >= 15 is 0 Å². The van der Waals surface area contributed by atoms with Crippen molar-refractivity contribution in [2.75, 3.05) is 13.2 Å². The maximum Gasteiger partial charge on any atom is 0.417 e. The van der Waals surface area contributed by atoms with Gasteiger partial charge in [-0.15, -0.1) is 0 Å². The zero-order valence-corrected chi connectivity index (χ0v) is 4.42. The molecule has 1 unspecified atom stereocenters. The average Bonchev–Trinajstić information content (AvgIpc) is 2.51. The van der Waals surface area contributed by atoms with Crippen LogP contribution in [0.1, 0.15) is 6.42 Å². The quantitative estimate of drug-likeness (QED) is 0.378. The van der Waals surface area contributed by atoms with Crippen LogP contribution in [0.15, 0.2) is 0 Å². The molecule has 0 amide bonds. The fraction of sp³-hybridized carbons (Fsp3) is 0.800. The summed E-state index contributed by atoms with van der Waals surface area (Å²) in [6.07, 6.45) is 1.17. The van der Waals surface area contributed by atoms with Gasteiger partial charge >= 0.3 is 6.47 Å². The summed E-state index contributed by atoms with van der Waals surface area (Å²) < 4.78 is 9.14. The molecule has 0 bridgehead atoms. The van der Waals surface area contributed by atoms with Gasteiger partial charge in [-0.2, -0.15) is 0 Å². The van der Waals surface area contributed by atoms with E-state index in [1.807, 2.05) is 0 Å². The second-order valence-corrected chi connectivity index (χ2v) is 1.68. The largest absolute Gasteiger partial charge is 0.457 e. The van der Waals surface area contributed by atoms with E-state index in [2.05, 4.69) is 4.74 Å². The number of hydrogen-bond acceptors (Lipinski definition) is 3.